The summed E-state index contributed by atoms with van der Waals surface area (Å²) in [5.41, 5.74) is 0.584. The van der Waals surface area contributed by atoms with Crippen LogP contribution in [-0.2, 0) is 19.1 Å². The molecule has 2 aliphatic heterocycles. The summed E-state index contributed by atoms with van der Waals surface area (Å²) in [4.78, 5) is 23.3. The topological polar surface area (TPSA) is 91.3 Å². The van der Waals surface area contributed by atoms with E-state index in [4.69, 9.17) is 14.2 Å². The number of ether oxygens (including phenoxy) is 4. The van der Waals surface area contributed by atoms with Crippen molar-refractivity contribution >= 4 is 11.9 Å². The van der Waals surface area contributed by atoms with Crippen LogP contribution in [0.3, 0.4) is 0 Å². The summed E-state index contributed by atoms with van der Waals surface area (Å²) in [6, 6.07) is 3.11. The summed E-state index contributed by atoms with van der Waals surface area (Å²) >= 11 is 0. The van der Waals surface area contributed by atoms with Gasteiger partial charge in [0.2, 0.25) is 5.75 Å². The van der Waals surface area contributed by atoms with E-state index < -0.39 is 29.9 Å². The monoisotopic (exact) mass is 294 g/mol. The first-order chi connectivity index (χ1) is 10.1. The Bertz CT molecular complexity index is 584. The lowest BCUT2D eigenvalue weighted by atomic mass is 9.89. The van der Waals surface area contributed by atoms with E-state index in [-0.39, 0.29) is 23.9 Å². The van der Waals surface area contributed by atoms with E-state index in [1.54, 1.807) is 12.1 Å². The van der Waals surface area contributed by atoms with Crippen molar-refractivity contribution in [2.24, 2.45) is 11.8 Å². The minimum absolute atomic E-state index is 0.130. The van der Waals surface area contributed by atoms with Crippen LogP contribution in [0.4, 0.5) is 0 Å². The van der Waals surface area contributed by atoms with Crippen LogP contribution in [0, 0.1) is 11.8 Å². The van der Waals surface area contributed by atoms with Gasteiger partial charge in [-0.1, -0.05) is 0 Å². The lowest BCUT2D eigenvalue weighted by Crippen LogP contribution is -2.18. The van der Waals surface area contributed by atoms with Crippen LogP contribution in [0.2, 0.25) is 0 Å². The summed E-state index contributed by atoms with van der Waals surface area (Å²) in [7, 11) is 2.81. The number of fused-ring (bicyclic) bond motifs is 1. The van der Waals surface area contributed by atoms with Crippen molar-refractivity contribution in [2.75, 3.05) is 20.8 Å². The number of phenols is 1. The third-order valence-corrected chi connectivity index (χ3v) is 3.82. The van der Waals surface area contributed by atoms with Crippen molar-refractivity contribution in [3.05, 3.63) is 17.7 Å². The first-order valence-electron chi connectivity index (χ1n) is 6.38. The van der Waals surface area contributed by atoms with E-state index in [2.05, 4.69) is 4.74 Å². The van der Waals surface area contributed by atoms with Crippen molar-refractivity contribution in [1.29, 1.82) is 0 Å². The number of cyclic esters (lactones) is 2. The number of carbonyl (C=O) groups excluding carboxylic acids is 2. The quantitative estimate of drug-likeness (QED) is 0.651. The molecule has 7 heteroatoms. The number of benzene rings is 1. The molecule has 0 bridgehead atoms. The summed E-state index contributed by atoms with van der Waals surface area (Å²) < 4.78 is 20.4. The number of aromatic hydroxyl groups is 1. The van der Waals surface area contributed by atoms with Gasteiger partial charge >= 0.3 is 11.9 Å². The molecule has 3 unspecified atom stereocenters. The zero-order valence-electron chi connectivity index (χ0n) is 11.5. The van der Waals surface area contributed by atoms with Crippen molar-refractivity contribution in [1.82, 2.24) is 0 Å². The van der Waals surface area contributed by atoms with E-state index >= 15 is 0 Å². The second-order valence-corrected chi connectivity index (χ2v) is 4.90. The Hall–Kier alpha value is -2.28. The molecule has 3 rings (SSSR count). The number of methoxy groups -OCH3 is 2. The maximum absolute atomic E-state index is 11.8. The lowest BCUT2D eigenvalue weighted by molar-refractivity contribution is -0.156. The summed E-state index contributed by atoms with van der Waals surface area (Å²) in [6.45, 7) is 0.130. The van der Waals surface area contributed by atoms with Crippen LogP contribution in [0.25, 0.3) is 0 Å². The highest BCUT2D eigenvalue weighted by Gasteiger charge is 2.54. The molecule has 7 nitrogen and oxygen atoms in total. The van der Waals surface area contributed by atoms with Crippen LogP contribution in [0.1, 0.15) is 11.7 Å². The molecule has 1 aromatic rings. The second-order valence-electron chi connectivity index (χ2n) is 4.90. The molecule has 21 heavy (non-hydrogen) atoms. The standard InChI is InChI=1S/C14H14O7/c1-18-8-3-6(4-9(19-2)11(8)15)12-10-7(5-20-12)13(16)21-14(10)17/h3-4,7,10,12,15H,5H2,1-2H3. The lowest BCUT2D eigenvalue weighted by Gasteiger charge is -2.17. The molecular weight excluding hydrogens is 280 g/mol. The molecule has 1 aromatic carbocycles. The average Bonchev–Trinajstić information content (AvgIpc) is 3.02. The van der Waals surface area contributed by atoms with Crippen LogP contribution in [-0.4, -0.2) is 37.9 Å². The van der Waals surface area contributed by atoms with Crippen molar-refractivity contribution in [3.63, 3.8) is 0 Å². The zero-order chi connectivity index (χ0) is 15.1. The molecule has 2 fully saturated rings. The summed E-state index contributed by atoms with van der Waals surface area (Å²) in [6.07, 6.45) is -0.627. The number of phenolic OH excluding ortho intramolecular Hbond substituents is 1. The van der Waals surface area contributed by atoms with Gasteiger partial charge in [-0.2, -0.15) is 0 Å². The SMILES string of the molecule is COc1cc(C2OCC3C(=O)OC(=O)C32)cc(OC)c1O. The van der Waals surface area contributed by atoms with Gasteiger partial charge in [0, 0.05) is 0 Å². The third kappa shape index (κ3) is 2.01. The highest BCUT2D eigenvalue weighted by molar-refractivity contribution is 5.97. The minimum atomic E-state index is -0.670. The van der Waals surface area contributed by atoms with Gasteiger partial charge < -0.3 is 24.1 Å². The van der Waals surface area contributed by atoms with Crippen LogP contribution >= 0.6 is 0 Å². The van der Waals surface area contributed by atoms with Gasteiger partial charge in [-0.25, -0.2) is 0 Å². The minimum Gasteiger partial charge on any atom is -0.502 e. The highest BCUT2D eigenvalue weighted by atomic mass is 16.6. The zero-order valence-corrected chi connectivity index (χ0v) is 11.5. The predicted octanol–water partition coefficient (Wildman–Crippen LogP) is 0.796. The number of rotatable bonds is 3. The van der Waals surface area contributed by atoms with E-state index in [1.807, 2.05) is 0 Å². The molecule has 0 radical (unpaired) electrons. The van der Waals surface area contributed by atoms with Crippen LogP contribution in [0.15, 0.2) is 12.1 Å². The van der Waals surface area contributed by atoms with Gasteiger partial charge in [0.25, 0.3) is 0 Å². The Morgan fingerprint density at radius 1 is 1.14 bits per heavy atom. The van der Waals surface area contributed by atoms with Crippen molar-refractivity contribution < 1.29 is 33.6 Å². The average molecular weight is 294 g/mol. The largest absolute Gasteiger partial charge is 0.502 e. The smallest absolute Gasteiger partial charge is 0.320 e. The molecule has 0 saturated carbocycles. The summed E-state index contributed by atoms with van der Waals surface area (Å²) in [5, 5.41) is 9.90. The Morgan fingerprint density at radius 3 is 2.33 bits per heavy atom. The van der Waals surface area contributed by atoms with Crippen LogP contribution in [0.5, 0.6) is 17.2 Å². The predicted molar refractivity (Wildman–Crippen MR) is 68.0 cm³/mol. The molecule has 0 aromatic heterocycles. The first kappa shape index (κ1) is 13.7. The van der Waals surface area contributed by atoms with Gasteiger partial charge in [-0.15, -0.1) is 0 Å². The van der Waals surface area contributed by atoms with Crippen LogP contribution < -0.4 is 9.47 Å². The van der Waals surface area contributed by atoms with E-state index in [9.17, 15) is 14.7 Å². The first-order valence-corrected chi connectivity index (χ1v) is 6.38. The second kappa shape index (κ2) is 4.92. The Balaban J connectivity index is 2.01. The van der Waals surface area contributed by atoms with E-state index in [0.29, 0.717) is 5.56 Å². The molecule has 0 spiro atoms. The molecule has 2 heterocycles. The van der Waals surface area contributed by atoms with Crippen molar-refractivity contribution in [2.45, 2.75) is 6.10 Å². The fourth-order valence-corrected chi connectivity index (χ4v) is 2.75. The number of hydrogen-bond donors (Lipinski definition) is 1. The Kier molecular flexibility index (Phi) is 3.21. The number of carbonyl (C=O) groups is 2. The van der Waals surface area contributed by atoms with E-state index in [0.717, 1.165) is 0 Å². The maximum atomic E-state index is 11.8. The fraction of sp³-hybridized carbons (Fsp3) is 0.429. The fourth-order valence-electron chi connectivity index (χ4n) is 2.75. The Morgan fingerprint density at radius 2 is 1.76 bits per heavy atom. The molecule has 1 N–H and O–H groups in total. The molecule has 3 atom stereocenters. The number of esters is 2. The Labute approximate surface area is 120 Å². The highest BCUT2D eigenvalue weighted by Crippen LogP contribution is 2.47. The normalized spacial score (nSPS) is 27.4. The third-order valence-electron chi connectivity index (χ3n) is 3.82. The van der Waals surface area contributed by atoms with Gasteiger partial charge in [0.05, 0.1) is 32.8 Å². The molecule has 0 aliphatic carbocycles. The van der Waals surface area contributed by atoms with Gasteiger partial charge in [-0.05, 0) is 17.7 Å². The van der Waals surface area contributed by atoms with E-state index in [1.165, 1.54) is 14.2 Å². The molecule has 112 valence electrons. The molecule has 2 saturated heterocycles. The van der Waals surface area contributed by atoms with Gasteiger partial charge in [0.15, 0.2) is 11.5 Å². The summed E-state index contributed by atoms with van der Waals surface area (Å²) in [5.74, 6) is -2.11. The molecule has 0 amide bonds. The molecule has 2 aliphatic rings. The maximum Gasteiger partial charge on any atom is 0.320 e. The van der Waals surface area contributed by atoms with Gasteiger partial charge in [-0.3, -0.25) is 9.59 Å². The van der Waals surface area contributed by atoms with Gasteiger partial charge in [0.1, 0.15) is 5.92 Å². The molecular formula is C14H14O7. The van der Waals surface area contributed by atoms with Crippen molar-refractivity contribution in [3.8, 4) is 17.2 Å². The number of hydrogen-bond acceptors (Lipinski definition) is 7.